The summed E-state index contributed by atoms with van der Waals surface area (Å²) < 4.78 is 5.54. The fraction of sp³-hybridized carbons (Fsp3) is 0.692. The minimum atomic E-state index is -0.166. The molecule has 0 saturated carbocycles. The van der Waals surface area contributed by atoms with Gasteiger partial charge in [0.2, 0.25) is 5.91 Å². The molecule has 6 nitrogen and oxygen atoms in total. The van der Waals surface area contributed by atoms with Crippen LogP contribution in [0.25, 0.3) is 0 Å². The van der Waals surface area contributed by atoms with Gasteiger partial charge in [0, 0.05) is 26.1 Å². The Balaban J connectivity index is 1.43. The minimum absolute atomic E-state index is 0.0617. The highest BCUT2D eigenvalue weighted by Crippen LogP contribution is 2.15. The number of fused-ring (bicyclic) bond motifs is 1. The summed E-state index contributed by atoms with van der Waals surface area (Å²) in [4.78, 5) is 19.4. The van der Waals surface area contributed by atoms with Crippen molar-refractivity contribution in [1.82, 2.24) is 20.6 Å². The van der Waals surface area contributed by atoms with Gasteiger partial charge in [-0.3, -0.25) is 10.1 Å². The van der Waals surface area contributed by atoms with Gasteiger partial charge in [0.05, 0.1) is 29.9 Å². The van der Waals surface area contributed by atoms with Gasteiger partial charge >= 0.3 is 0 Å². The smallest absolute Gasteiger partial charge is 0.237 e. The highest BCUT2D eigenvalue weighted by atomic mass is 16.5. The Hall–Kier alpha value is -1.40. The van der Waals surface area contributed by atoms with Gasteiger partial charge < -0.3 is 15.0 Å². The van der Waals surface area contributed by atoms with Crippen LogP contribution < -0.4 is 10.6 Å². The van der Waals surface area contributed by atoms with Crippen molar-refractivity contribution in [3.63, 3.8) is 0 Å². The number of aromatic nitrogens is 2. The van der Waals surface area contributed by atoms with E-state index in [2.05, 4.69) is 20.6 Å². The highest BCUT2D eigenvalue weighted by molar-refractivity contribution is 5.82. The van der Waals surface area contributed by atoms with Crippen LogP contribution in [0.1, 0.15) is 30.7 Å². The first-order valence-corrected chi connectivity index (χ1v) is 6.97. The summed E-state index contributed by atoms with van der Waals surface area (Å²) in [5.74, 6) is 0.0617. The van der Waals surface area contributed by atoms with Crippen molar-refractivity contribution in [2.24, 2.45) is 0 Å². The van der Waals surface area contributed by atoms with E-state index < -0.39 is 0 Å². The molecule has 0 radical (unpaired) electrons. The third-order valence-electron chi connectivity index (χ3n) is 3.84. The second-order valence-corrected chi connectivity index (χ2v) is 5.18. The van der Waals surface area contributed by atoms with Crippen LogP contribution in [0.15, 0.2) is 6.33 Å². The fourth-order valence-electron chi connectivity index (χ4n) is 2.71. The first kappa shape index (κ1) is 12.6. The van der Waals surface area contributed by atoms with E-state index in [1.54, 1.807) is 6.33 Å². The molecule has 0 aromatic carbocycles. The Bertz CT molecular complexity index is 440. The Labute approximate surface area is 112 Å². The molecule has 3 rings (SSSR count). The maximum absolute atomic E-state index is 12.1. The average molecular weight is 264 g/mol. The molecule has 1 saturated heterocycles. The van der Waals surface area contributed by atoms with E-state index in [4.69, 9.17) is 4.74 Å². The molecular formula is C13H20N4O2. The number of carbonyl (C=O) groups excluding carboxylic acids is 1. The Kier molecular flexibility index (Phi) is 3.79. The molecule has 1 aromatic heterocycles. The van der Waals surface area contributed by atoms with Crippen LogP contribution in [0.5, 0.6) is 0 Å². The van der Waals surface area contributed by atoms with E-state index in [0.717, 1.165) is 37.3 Å². The molecule has 0 spiro atoms. The number of rotatable bonds is 4. The van der Waals surface area contributed by atoms with Crippen LogP contribution in [0.3, 0.4) is 0 Å². The summed E-state index contributed by atoms with van der Waals surface area (Å²) in [6.45, 7) is 2.24. The van der Waals surface area contributed by atoms with Crippen LogP contribution in [0.4, 0.5) is 0 Å². The van der Waals surface area contributed by atoms with Crippen LogP contribution in [0.2, 0.25) is 0 Å². The maximum Gasteiger partial charge on any atom is 0.237 e. The summed E-state index contributed by atoms with van der Waals surface area (Å²) in [7, 11) is 0. The van der Waals surface area contributed by atoms with Gasteiger partial charge in [-0.15, -0.1) is 0 Å². The minimum Gasteiger partial charge on any atom is -0.378 e. The third kappa shape index (κ3) is 2.96. The average Bonchev–Trinajstić information content (AvgIpc) is 3.08. The van der Waals surface area contributed by atoms with Crippen LogP contribution in [-0.4, -0.2) is 41.2 Å². The van der Waals surface area contributed by atoms with Crippen molar-refractivity contribution in [2.75, 3.05) is 13.2 Å². The molecule has 2 aliphatic heterocycles. The molecule has 2 unspecified atom stereocenters. The predicted octanol–water partition coefficient (Wildman–Crippen LogP) is 0.109. The van der Waals surface area contributed by atoms with E-state index in [1.165, 1.54) is 0 Å². The summed E-state index contributed by atoms with van der Waals surface area (Å²) in [6.07, 6.45) is 5.84. The van der Waals surface area contributed by atoms with Crippen molar-refractivity contribution in [3.8, 4) is 0 Å². The zero-order valence-corrected chi connectivity index (χ0v) is 10.9. The lowest BCUT2D eigenvalue weighted by Gasteiger charge is -2.22. The number of nitrogens with zero attached hydrogens (tertiary/aromatic N) is 1. The van der Waals surface area contributed by atoms with Gasteiger partial charge in [-0.25, -0.2) is 4.98 Å². The first-order chi connectivity index (χ1) is 9.33. The Morgan fingerprint density at radius 1 is 1.58 bits per heavy atom. The van der Waals surface area contributed by atoms with E-state index >= 15 is 0 Å². The molecule has 3 heterocycles. The number of amides is 1. The first-order valence-electron chi connectivity index (χ1n) is 6.97. The summed E-state index contributed by atoms with van der Waals surface area (Å²) in [6, 6.07) is -0.166. The second-order valence-electron chi connectivity index (χ2n) is 5.18. The number of ether oxygens (including phenoxy) is 1. The molecule has 0 bridgehead atoms. The van der Waals surface area contributed by atoms with Gasteiger partial charge in [-0.2, -0.15) is 0 Å². The fourth-order valence-corrected chi connectivity index (χ4v) is 2.71. The quantitative estimate of drug-likeness (QED) is 0.721. The summed E-state index contributed by atoms with van der Waals surface area (Å²) in [5, 5.41) is 6.21. The Morgan fingerprint density at radius 2 is 2.53 bits per heavy atom. The molecule has 6 heteroatoms. The highest BCUT2D eigenvalue weighted by Gasteiger charge is 2.25. The van der Waals surface area contributed by atoms with Crippen molar-refractivity contribution in [2.45, 2.75) is 44.4 Å². The third-order valence-corrected chi connectivity index (χ3v) is 3.84. The number of imidazole rings is 1. The number of nitrogens with one attached hydrogen (secondary N) is 3. The molecule has 3 N–H and O–H groups in total. The normalized spacial score (nSPS) is 26.1. The zero-order valence-electron chi connectivity index (χ0n) is 10.9. The number of hydrogen-bond donors (Lipinski definition) is 3. The number of hydrogen-bond acceptors (Lipinski definition) is 4. The molecule has 2 atom stereocenters. The van der Waals surface area contributed by atoms with E-state index in [0.29, 0.717) is 25.6 Å². The van der Waals surface area contributed by atoms with Crippen molar-refractivity contribution >= 4 is 5.91 Å². The lowest BCUT2D eigenvalue weighted by atomic mass is 10.0. The molecule has 1 aromatic rings. The topological polar surface area (TPSA) is 79.0 Å². The van der Waals surface area contributed by atoms with Gasteiger partial charge in [-0.05, 0) is 19.3 Å². The van der Waals surface area contributed by atoms with Crippen molar-refractivity contribution in [1.29, 1.82) is 0 Å². The number of carbonyl (C=O) groups is 1. The summed E-state index contributed by atoms with van der Waals surface area (Å²) >= 11 is 0. The molecular weight excluding hydrogens is 244 g/mol. The summed E-state index contributed by atoms with van der Waals surface area (Å²) in [5.41, 5.74) is 2.08. The monoisotopic (exact) mass is 264 g/mol. The van der Waals surface area contributed by atoms with Crippen LogP contribution in [-0.2, 0) is 22.5 Å². The lowest BCUT2D eigenvalue weighted by Crippen LogP contribution is -2.48. The van der Waals surface area contributed by atoms with Gasteiger partial charge in [0.25, 0.3) is 0 Å². The van der Waals surface area contributed by atoms with Crippen LogP contribution >= 0.6 is 0 Å². The second kappa shape index (κ2) is 5.71. The van der Waals surface area contributed by atoms with Gasteiger partial charge in [0.15, 0.2) is 0 Å². The number of H-pyrrole nitrogens is 1. The SMILES string of the molecule is O=C(NCCC1CCCO1)C1Cc2nc[nH]c2CN1. The Morgan fingerprint density at radius 3 is 3.37 bits per heavy atom. The molecule has 2 aliphatic rings. The molecule has 1 amide bonds. The van der Waals surface area contributed by atoms with Crippen molar-refractivity contribution < 1.29 is 9.53 Å². The zero-order chi connectivity index (χ0) is 13.1. The van der Waals surface area contributed by atoms with Gasteiger partial charge in [-0.1, -0.05) is 0 Å². The van der Waals surface area contributed by atoms with E-state index in [-0.39, 0.29) is 11.9 Å². The standard InChI is InChI=1S/C13H20N4O2/c18-13(14-4-3-9-2-1-5-19-9)11-6-10-12(7-15-11)17-8-16-10/h8-9,11,15H,1-7H2,(H,14,18)(H,16,17). The molecule has 1 fully saturated rings. The molecule has 0 aliphatic carbocycles. The predicted molar refractivity (Wildman–Crippen MR) is 69.5 cm³/mol. The number of aromatic amines is 1. The largest absolute Gasteiger partial charge is 0.378 e. The van der Waals surface area contributed by atoms with Crippen LogP contribution in [0, 0.1) is 0 Å². The van der Waals surface area contributed by atoms with Gasteiger partial charge in [0.1, 0.15) is 0 Å². The maximum atomic E-state index is 12.1. The van der Waals surface area contributed by atoms with Crippen molar-refractivity contribution in [3.05, 3.63) is 17.7 Å². The molecule has 19 heavy (non-hydrogen) atoms. The van der Waals surface area contributed by atoms with E-state index in [9.17, 15) is 4.79 Å². The van der Waals surface area contributed by atoms with E-state index in [1.807, 2.05) is 0 Å². The molecule has 104 valence electrons. The lowest BCUT2D eigenvalue weighted by molar-refractivity contribution is -0.123.